The van der Waals surface area contributed by atoms with Gasteiger partial charge in [0.1, 0.15) is 24.8 Å². The maximum atomic E-state index is 12.7. The fraction of sp³-hybridized carbons (Fsp3) is 0.261. The predicted octanol–water partition coefficient (Wildman–Crippen LogP) is 4.19. The van der Waals surface area contributed by atoms with Crippen molar-refractivity contribution in [3.8, 4) is 29.1 Å². The Labute approximate surface area is 185 Å². The molecule has 0 fully saturated rings. The van der Waals surface area contributed by atoms with Crippen molar-refractivity contribution < 1.29 is 28.1 Å². The van der Waals surface area contributed by atoms with Gasteiger partial charge in [0, 0.05) is 24.8 Å². The quantitative estimate of drug-likeness (QED) is 0.467. The summed E-state index contributed by atoms with van der Waals surface area (Å²) >= 11 is 0. The van der Waals surface area contributed by atoms with Gasteiger partial charge in [0.15, 0.2) is 5.75 Å². The summed E-state index contributed by atoms with van der Waals surface area (Å²) in [6.45, 7) is 0.893. The van der Waals surface area contributed by atoms with Crippen molar-refractivity contribution in [2.45, 2.75) is 13.5 Å². The number of carbonyl (C=O) groups excluding carboxylic acids is 1. The van der Waals surface area contributed by atoms with E-state index in [1.54, 1.807) is 55.6 Å². The highest BCUT2D eigenvalue weighted by Crippen LogP contribution is 2.34. The molecule has 1 aromatic heterocycles. The molecule has 0 bridgehead atoms. The van der Waals surface area contributed by atoms with Crippen LogP contribution in [0.2, 0.25) is 0 Å². The lowest BCUT2D eigenvalue weighted by molar-refractivity contribution is -0.116. The standard InChI is InChI=1S/C23H24FN3O5/c1-16(28)27(15-17-14-18(29-2)8-9-20(17)31-13-11-24)19-6-4-5-7-21(19)32-22-10-12-25-23(26-22)30-3/h4-10,12,14H,11,13,15H2,1-3H3. The van der Waals surface area contributed by atoms with E-state index in [9.17, 15) is 9.18 Å². The molecule has 3 rings (SSSR count). The lowest BCUT2D eigenvalue weighted by Gasteiger charge is -2.25. The van der Waals surface area contributed by atoms with Crippen molar-refractivity contribution in [3.63, 3.8) is 0 Å². The molecule has 0 unspecified atom stereocenters. The maximum absolute atomic E-state index is 12.7. The van der Waals surface area contributed by atoms with Crippen LogP contribution in [0.1, 0.15) is 12.5 Å². The van der Waals surface area contributed by atoms with Gasteiger partial charge in [-0.3, -0.25) is 4.79 Å². The van der Waals surface area contributed by atoms with Gasteiger partial charge in [-0.05, 0) is 30.3 Å². The average molecular weight is 441 g/mol. The minimum Gasteiger partial charge on any atom is -0.497 e. The van der Waals surface area contributed by atoms with Crippen LogP contribution >= 0.6 is 0 Å². The van der Waals surface area contributed by atoms with Gasteiger partial charge >= 0.3 is 6.01 Å². The molecule has 0 aliphatic heterocycles. The summed E-state index contributed by atoms with van der Waals surface area (Å²) in [4.78, 5) is 22.3. The van der Waals surface area contributed by atoms with E-state index in [4.69, 9.17) is 18.9 Å². The minimum atomic E-state index is -0.624. The summed E-state index contributed by atoms with van der Waals surface area (Å²) in [5.74, 6) is 1.52. The second kappa shape index (κ2) is 10.9. The molecular weight excluding hydrogens is 417 g/mol. The molecule has 8 nitrogen and oxygen atoms in total. The predicted molar refractivity (Wildman–Crippen MR) is 116 cm³/mol. The third-order valence-electron chi connectivity index (χ3n) is 4.47. The Morgan fingerprint density at radius 2 is 1.88 bits per heavy atom. The smallest absolute Gasteiger partial charge is 0.319 e. The SMILES string of the molecule is COc1ccc(OCCF)c(CN(C(C)=O)c2ccccc2Oc2ccnc(OC)n2)c1. The molecule has 32 heavy (non-hydrogen) atoms. The molecular formula is C23H24FN3O5. The van der Waals surface area contributed by atoms with Gasteiger partial charge in [-0.15, -0.1) is 0 Å². The lowest BCUT2D eigenvalue weighted by atomic mass is 10.1. The van der Waals surface area contributed by atoms with E-state index in [1.165, 1.54) is 25.1 Å². The van der Waals surface area contributed by atoms with Gasteiger partial charge < -0.3 is 23.8 Å². The summed E-state index contributed by atoms with van der Waals surface area (Å²) in [7, 11) is 3.00. The first-order valence-electron chi connectivity index (χ1n) is 9.83. The Morgan fingerprint density at radius 1 is 1.06 bits per heavy atom. The third kappa shape index (κ3) is 5.63. The number of benzene rings is 2. The van der Waals surface area contributed by atoms with E-state index in [1.807, 2.05) is 0 Å². The molecule has 168 valence electrons. The number of halogens is 1. The van der Waals surface area contributed by atoms with Gasteiger partial charge in [-0.25, -0.2) is 9.37 Å². The van der Waals surface area contributed by atoms with Crippen molar-refractivity contribution in [1.29, 1.82) is 0 Å². The zero-order valence-electron chi connectivity index (χ0n) is 18.1. The highest BCUT2D eigenvalue weighted by atomic mass is 19.1. The van der Waals surface area contributed by atoms with E-state index in [0.29, 0.717) is 28.5 Å². The zero-order chi connectivity index (χ0) is 22.9. The fourth-order valence-corrected chi connectivity index (χ4v) is 2.99. The molecule has 9 heteroatoms. The number of aromatic nitrogens is 2. The Kier molecular flexibility index (Phi) is 7.80. The van der Waals surface area contributed by atoms with Crippen LogP contribution in [0.5, 0.6) is 29.1 Å². The Bertz CT molecular complexity index is 1060. The number of alkyl halides is 1. The zero-order valence-corrected chi connectivity index (χ0v) is 18.1. The van der Waals surface area contributed by atoms with Crippen molar-refractivity contribution in [3.05, 3.63) is 60.3 Å². The number of anilines is 1. The largest absolute Gasteiger partial charge is 0.497 e. The molecule has 2 aromatic carbocycles. The number of para-hydroxylation sites is 2. The van der Waals surface area contributed by atoms with Crippen molar-refractivity contribution in [2.75, 3.05) is 32.4 Å². The Hall–Kier alpha value is -3.88. The van der Waals surface area contributed by atoms with Crippen LogP contribution < -0.4 is 23.8 Å². The first kappa shape index (κ1) is 22.8. The highest BCUT2D eigenvalue weighted by molar-refractivity contribution is 5.93. The maximum Gasteiger partial charge on any atom is 0.319 e. The van der Waals surface area contributed by atoms with Crippen molar-refractivity contribution >= 4 is 11.6 Å². The second-order valence-corrected chi connectivity index (χ2v) is 6.57. The summed E-state index contributed by atoms with van der Waals surface area (Å²) in [6.07, 6.45) is 1.51. The Morgan fingerprint density at radius 3 is 2.59 bits per heavy atom. The molecule has 3 aromatic rings. The fourth-order valence-electron chi connectivity index (χ4n) is 2.99. The third-order valence-corrected chi connectivity index (χ3v) is 4.47. The first-order chi connectivity index (χ1) is 15.5. The van der Waals surface area contributed by atoms with E-state index in [-0.39, 0.29) is 30.9 Å². The van der Waals surface area contributed by atoms with Gasteiger partial charge in [-0.2, -0.15) is 4.98 Å². The number of amides is 1. The molecule has 0 saturated carbocycles. The number of hydrogen-bond donors (Lipinski definition) is 0. The van der Waals surface area contributed by atoms with E-state index in [2.05, 4.69) is 9.97 Å². The van der Waals surface area contributed by atoms with Crippen LogP contribution in [-0.4, -0.2) is 43.4 Å². The molecule has 1 heterocycles. The lowest BCUT2D eigenvalue weighted by Crippen LogP contribution is -2.28. The number of nitrogens with zero attached hydrogens (tertiary/aromatic N) is 3. The van der Waals surface area contributed by atoms with Crippen molar-refractivity contribution in [1.82, 2.24) is 9.97 Å². The van der Waals surface area contributed by atoms with Gasteiger partial charge in [0.05, 0.1) is 26.5 Å². The van der Waals surface area contributed by atoms with Crippen molar-refractivity contribution in [2.24, 2.45) is 0 Å². The number of hydrogen-bond acceptors (Lipinski definition) is 7. The number of carbonyl (C=O) groups is 1. The van der Waals surface area contributed by atoms with Crippen LogP contribution in [0.15, 0.2) is 54.7 Å². The molecule has 0 atom stereocenters. The summed E-state index contributed by atoms with van der Waals surface area (Å²) in [6, 6.07) is 14.0. The van der Waals surface area contributed by atoms with Gasteiger partial charge in [0.2, 0.25) is 11.8 Å². The van der Waals surface area contributed by atoms with Crippen LogP contribution in [-0.2, 0) is 11.3 Å². The second-order valence-electron chi connectivity index (χ2n) is 6.57. The van der Waals surface area contributed by atoms with Crippen LogP contribution in [0.25, 0.3) is 0 Å². The normalized spacial score (nSPS) is 10.4. The highest BCUT2D eigenvalue weighted by Gasteiger charge is 2.20. The molecule has 0 aliphatic rings. The molecule has 0 spiro atoms. The molecule has 0 saturated heterocycles. The van der Waals surface area contributed by atoms with E-state index in [0.717, 1.165) is 0 Å². The van der Waals surface area contributed by atoms with Crippen LogP contribution in [0.3, 0.4) is 0 Å². The molecule has 0 N–H and O–H groups in total. The average Bonchev–Trinajstić information content (AvgIpc) is 2.82. The molecule has 0 radical (unpaired) electrons. The van der Waals surface area contributed by atoms with Crippen LogP contribution in [0, 0.1) is 0 Å². The van der Waals surface area contributed by atoms with E-state index < -0.39 is 6.67 Å². The topological polar surface area (TPSA) is 83.0 Å². The van der Waals surface area contributed by atoms with E-state index >= 15 is 0 Å². The van der Waals surface area contributed by atoms with Crippen LogP contribution in [0.4, 0.5) is 10.1 Å². The summed E-state index contributed by atoms with van der Waals surface area (Å²) < 4.78 is 34.5. The summed E-state index contributed by atoms with van der Waals surface area (Å²) in [5.41, 5.74) is 1.18. The van der Waals surface area contributed by atoms with Gasteiger partial charge in [-0.1, -0.05) is 12.1 Å². The minimum absolute atomic E-state index is 0.0886. The molecule has 0 aliphatic carbocycles. The first-order valence-corrected chi connectivity index (χ1v) is 9.83. The monoisotopic (exact) mass is 441 g/mol. The number of rotatable bonds is 10. The Balaban J connectivity index is 1.96. The summed E-state index contributed by atoms with van der Waals surface area (Å²) in [5, 5.41) is 0. The van der Waals surface area contributed by atoms with Gasteiger partial charge in [0.25, 0.3) is 0 Å². The molecule has 1 amide bonds. The number of ether oxygens (including phenoxy) is 4. The number of methoxy groups -OCH3 is 2.